The molecule has 0 atom stereocenters. The molecule has 0 unspecified atom stereocenters. The second kappa shape index (κ2) is 9.74. The van der Waals surface area contributed by atoms with Gasteiger partial charge in [-0.3, -0.25) is 14.6 Å². The number of amides is 2. The highest BCUT2D eigenvalue weighted by Crippen LogP contribution is 2.26. The van der Waals surface area contributed by atoms with Gasteiger partial charge in [-0.25, -0.2) is 0 Å². The number of carbonyl (C=O) groups is 2. The minimum Gasteiger partial charge on any atom is -0.484 e. The number of nitrogens with one attached hydrogen (secondary N) is 1. The number of benzene rings is 1. The van der Waals surface area contributed by atoms with Crippen molar-refractivity contribution in [2.45, 2.75) is 26.7 Å². The fourth-order valence-electron chi connectivity index (χ4n) is 3.45. The summed E-state index contributed by atoms with van der Waals surface area (Å²) >= 11 is 6.17. The van der Waals surface area contributed by atoms with Crippen molar-refractivity contribution < 1.29 is 14.3 Å². The zero-order valence-corrected chi connectivity index (χ0v) is 17.5. The molecule has 1 aromatic heterocycles. The third-order valence-corrected chi connectivity index (χ3v) is 5.81. The minimum atomic E-state index is -0.112. The van der Waals surface area contributed by atoms with Gasteiger partial charge in [-0.1, -0.05) is 11.6 Å². The van der Waals surface area contributed by atoms with Crippen LogP contribution in [0.15, 0.2) is 36.7 Å². The van der Waals surface area contributed by atoms with Crippen LogP contribution in [0.2, 0.25) is 5.02 Å². The number of nitrogens with zero attached hydrogens (tertiary/aromatic N) is 2. The summed E-state index contributed by atoms with van der Waals surface area (Å²) in [5.41, 5.74) is 2.43. The quantitative estimate of drug-likeness (QED) is 0.784. The second-order valence-corrected chi connectivity index (χ2v) is 7.81. The summed E-state index contributed by atoms with van der Waals surface area (Å²) in [6.07, 6.45) is 4.92. The number of aromatic nitrogens is 1. The van der Waals surface area contributed by atoms with Crippen LogP contribution in [0.3, 0.4) is 0 Å². The van der Waals surface area contributed by atoms with Crippen molar-refractivity contribution in [1.29, 1.82) is 0 Å². The lowest BCUT2D eigenvalue weighted by atomic mass is 9.96. The van der Waals surface area contributed by atoms with Crippen LogP contribution in [0, 0.1) is 19.8 Å². The third-order valence-electron chi connectivity index (χ3n) is 5.21. The molecule has 7 heteroatoms. The summed E-state index contributed by atoms with van der Waals surface area (Å²) in [6.45, 7) is 5.81. The van der Waals surface area contributed by atoms with Crippen LogP contribution >= 0.6 is 11.6 Å². The second-order valence-electron chi connectivity index (χ2n) is 7.44. The van der Waals surface area contributed by atoms with E-state index in [1.54, 1.807) is 24.5 Å². The Morgan fingerprint density at radius 2 is 1.93 bits per heavy atom. The van der Waals surface area contributed by atoms with Crippen molar-refractivity contribution in [2.24, 2.45) is 5.92 Å². The van der Waals surface area contributed by atoms with Crippen LogP contribution in [0.25, 0.3) is 0 Å². The average Bonchev–Trinajstić information content (AvgIpc) is 2.75. The Labute approximate surface area is 176 Å². The maximum atomic E-state index is 12.5. The van der Waals surface area contributed by atoms with Gasteiger partial charge < -0.3 is 15.0 Å². The van der Waals surface area contributed by atoms with Gasteiger partial charge in [0.2, 0.25) is 0 Å². The smallest absolute Gasteiger partial charge is 0.260 e. The molecular weight excluding hydrogens is 390 g/mol. The summed E-state index contributed by atoms with van der Waals surface area (Å²) < 4.78 is 5.68. The molecule has 2 heterocycles. The molecule has 1 saturated heterocycles. The average molecular weight is 416 g/mol. The van der Waals surface area contributed by atoms with Gasteiger partial charge in [-0.2, -0.15) is 0 Å². The van der Waals surface area contributed by atoms with Crippen LogP contribution in [0.1, 0.15) is 34.3 Å². The van der Waals surface area contributed by atoms with Gasteiger partial charge in [-0.15, -0.1) is 0 Å². The van der Waals surface area contributed by atoms with Crippen LogP contribution in [-0.4, -0.2) is 47.9 Å². The Morgan fingerprint density at radius 3 is 2.55 bits per heavy atom. The zero-order chi connectivity index (χ0) is 20.8. The predicted molar refractivity (Wildman–Crippen MR) is 112 cm³/mol. The highest BCUT2D eigenvalue weighted by atomic mass is 35.5. The van der Waals surface area contributed by atoms with Crippen LogP contribution < -0.4 is 10.1 Å². The molecule has 0 saturated carbocycles. The molecule has 0 spiro atoms. The first-order valence-electron chi connectivity index (χ1n) is 9.79. The van der Waals surface area contributed by atoms with E-state index < -0.39 is 0 Å². The molecule has 1 aliphatic heterocycles. The molecule has 1 fully saturated rings. The molecule has 29 heavy (non-hydrogen) atoms. The molecule has 2 amide bonds. The van der Waals surface area contributed by atoms with E-state index in [2.05, 4.69) is 10.3 Å². The van der Waals surface area contributed by atoms with E-state index in [1.807, 2.05) is 30.9 Å². The number of pyridine rings is 1. The monoisotopic (exact) mass is 415 g/mol. The van der Waals surface area contributed by atoms with Gasteiger partial charge in [0.25, 0.3) is 11.8 Å². The van der Waals surface area contributed by atoms with E-state index in [-0.39, 0.29) is 18.4 Å². The van der Waals surface area contributed by atoms with Crippen molar-refractivity contribution in [1.82, 2.24) is 15.2 Å². The first kappa shape index (κ1) is 21.1. The molecular formula is C22H26ClN3O3. The minimum absolute atomic E-state index is 0.0168. The highest BCUT2D eigenvalue weighted by molar-refractivity contribution is 6.32. The lowest BCUT2D eigenvalue weighted by Gasteiger charge is -2.32. The molecule has 0 aliphatic carbocycles. The van der Waals surface area contributed by atoms with Gasteiger partial charge >= 0.3 is 0 Å². The van der Waals surface area contributed by atoms with Gasteiger partial charge in [-0.05, 0) is 68.0 Å². The number of halogens is 1. The Kier molecular flexibility index (Phi) is 7.09. The number of hydrogen-bond donors (Lipinski definition) is 1. The normalized spacial score (nSPS) is 14.5. The highest BCUT2D eigenvalue weighted by Gasteiger charge is 2.23. The number of likely N-dealkylation sites (tertiary alicyclic amines) is 1. The third kappa shape index (κ3) is 5.70. The SMILES string of the molecule is Cc1cc(OCC(=O)N2CCC(CNC(=O)c3cccnc3)CC2)cc(C)c1Cl. The summed E-state index contributed by atoms with van der Waals surface area (Å²) in [6, 6.07) is 7.18. The fraction of sp³-hybridized carbons (Fsp3) is 0.409. The fourth-order valence-corrected chi connectivity index (χ4v) is 3.56. The standard InChI is InChI=1S/C22H26ClN3O3/c1-15-10-19(11-16(2)21(15)23)29-14-20(27)26-8-5-17(6-9-26)12-25-22(28)18-4-3-7-24-13-18/h3-4,7,10-11,13,17H,5-6,8-9,12,14H2,1-2H3,(H,25,28). The molecule has 6 nitrogen and oxygen atoms in total. The number of rotatable bonds is 6. The zero-order valence-electron chi connectivity index (χ0n) is 16.8. The summed E-state index contributed by atoms with van der Waals surface area (Å²) in [4.78, 5) is 30.4. The van der Waals surface area contributed by atoms with E-state index in [9.17, 15) is 9.59 Å². The van der Waals surface area contributed by atoms with E-state index in [1.165, 1.54) is 0 Å². The summed E-state index contributed by atoms with van der Waals surface area (Å²) in [5, 5.41) is 3.68. The van der Waals surface area contributed by atoms with Crippen molar-refractivity contribution >= 4 is 23.4 Å². The Bertz CT molecular complexity index is 842. The lowest BCUT2D eigenvalue weighted by molar-refractivity contribution is -0.134. The maximum Gasteiger partial charge on any atom is 0.260 e. The molecule has 2 aromatic rings. The number of ether oxygens (including phenoxy) is 1. The van der Waals surface area contributed by atoms with Crippen LogP contribution in [0.5, 0.6) is 5.75 Å². The van der Waals surface area contributed by atoms with Crippen molar-refractivity contribution in [3.63, 3.8) is 0 Å². The van der Waals surface area contributed by atoms with E-state index in [0.29, 0.717) is 36.9 Å². The molecule has 1 aliphatic rings. The maximum absolute atomic E-state index is 12.5. The molecule has 1 N–H and O–H groups in total. The Balaban J connectivity index is 1.41. The topological polar surface area (TPSA) is 71.5 Å². The number of hydrogen-bond acceptors (Lipinski definition) is 4. The van der Waals surface area contributed by atoms with Gasteiger partial charge in [0.15, 0.2) is 6.61 Å². The van der Waals surface area contributed by atoms with E-state index >= 15 is 0 Å². The lowest BCUT2D eigenvalue weighted by Crippen LogP contribution is -2.43. The summed E-state index contributed by atoms with van der Waals surface area (Å²) in [7, 11) is 0. The largest absolute Gasteiger partial charge is 0.484 e. The first-order chi connectivity index (χ1) is 13.9. The van der Waals surface area contributed by atoms with Crippen molar-refractivity contribution in [3.8, 4) is 5.75 Å². The van der Waals surface area contributed by atoms with Crippen molar-refractivity contribution in [2.75, 3.05) is 26.2 Å². The predicted octanol–water partition coefficient (Wildman–Crippen LogP) is 3.40. The van der Waals surface area contributed by atoms with Crippen LogP contribution in [-0.2, 0) is 4.79 Å². The Morgan fingerprint density at radius 1 is 1.24 bits per heavy atom. The summed E-state index contributed by atoms with van der Waals surface area (Å²) in [5.74, 6) is 0.888. The number of aryl methyl sites for hydroxylation is 2. The van der Waals surface area contributed by atoms with Gasteiger partial charge in [0, 0.05) is 37.1 Å². The number of carbonyl (C=O) groups excluding carboxylic acids is 2. The molecule has 154 valence electrons. The number of piperidine rings is 1. The molecule has 0 radical (unpaired) electrons. The first-order valence-corrected chi connectivity index (χ1v) is 10.2. The molecule has 0 bridgehead atoms. The van der Waals surface area contributed by atoms with E-state index in [4.69, 9.17) is 16.3 Å². The van der Waals surface area contributed by atoms with Gasteiger partial charge in [0.1, 0.15) is 5.75 Å². The van der Waals surface area contributed by atoms with Gasteiger partial charge in [0.05, 0.1) is 5.56 Å². The van der Waals surface area contributed by atoms with E-state index in [0.717, 1.165) is 29.0 Å². The van der Waals surface area contributed by atoms with Crippen LogP contribution in [0.4, 0.5) is 0 Å². The molecule has 1 aromatic carbocycles. The van der Waals surface area contributed by atoms with Crippen molar-refractivity contribution in [3.05, 3.63) is 58.4 Å². The Hall–Kier alpha value is -2.60. The molecule has 3 rings (SSSR count).